The van der Waals surface area contributed by atoms with Gasteiger partial charge in [-0.25, -0.2) is 4.39 Å². The third kappa shape index (κ3) is 7.00. The Balaban J connectivity index is 1.94. The van der Waals surface area contributed by atoms with Crippen molar-refractivity contribution < 1.29 is 9.18 Å². The molecule has 6 nitrogen and oxygen atoms in total. The van der Waals surface area contributed by atoms with Crippen molar-refractivity contribution in [3.8, 4) is 0 Å². The Kier molecular flexibility index (Phi) is 7.95. The SMILES string of the molecule is CN=C(NCc1cccc(NC(=O)CN(C)C)c1)N(C)Cc1cccc(F)c1. The van der Waals surface area contributed by atoms with Gasteiger partial charge in [0.15, 0.2) is 5.96 Å². The summed E-state index contributed by atoms with van der Waals surface area (Å²) in [5.41, 5.74) is 2.65. The Morgan fingerprint density at radius 2 is 1.79 bits per heavy atom. The van der Waals surface area contributed by atoms with Crippen LogP contribution in [0.2, 0.25) is 0 Å². The molecule has 2 aromatic carbocycles. The molecule has 0 fully saturated rings. The average Bonchev–Trinajstić information content (AvgIpc) is 2.61. The zero-order valence-corrected chi connectivity index (χ0v) is 16.9. The summed E-state index contributed by atoms with van der Waals surface area (Å²) in [4.78, 5) is 19.9. The van der Waals surface area contributed by atoms with Gasteiger partial charge in [-0.1, -0.05) is 24.3 Å². The van der Waals surface area contributed by atoms with Crippen LogP contribution in [0.4, 0.5) is 10.1 Å². The van der Waals surface area contributed by atoms with Gasteiger partial charge in [-0.3, -0.25) is 9.79 Å². The molecule has 0 atom stereocenters. The Morgan fingerprint density at radius 1 is 1.07 bits per heavy atom. The minimum Gasteiger partial charge on any atom is -0.352 e. The lowest BCUT2D eigenvalue weighted by Gasteiger charge is -2.22. The van der Waals surface area contributed by atoms with Crippen LogP contribution in [-0.4, -0.2) is 56.4 Å². The number of hydrogen-bond donors (Lipinski definition) is 2. The summed E-state index contributed by atoms with van der Waals surface area (Å²) in [7, 11) is 7.32. The van der Waals surface area contributed by atoms with Crippen LogP contribution in [0.15, 0.2) is 53.5 Å². The minimum absolute atomic E-state index is 0.0549. The standard InChI is InChI=1S/C21H28FN5O/c1-23-21(27(4)14-17-8-5-9-18(22)11-17)24-13-16-7-6-10-19(12-16)25-20(28)15-26(2)3/h5-12H,13-15H2,1-4H3,(H,23,24)(H,25,28). The molecule has 7 heteroatoms. The van der Waals surface area contributed by atoms with Gasteiger partial charge >= 0.3 is 0 Å². The van der Waals surface area contributed by atoms with E-state index in [4.69, 9.17) is 0 Å². The lowest BCUT2D eigenvalue weighted by Crippen LogP contribution is -2.38. The van der Waals surface area contributed by atoms with Crippen molar-refractivity contribution in [3.63, 3.8) is 0 Å². The molecule has 0 aliphatic heterocycles. The lowest BCUT2D eigenvalue weighted by atomic mass is 10.2. The van der Waals surface area contributed by atoms with Gasteiger partial charge in [-0.15, -0.1) is 0 Å². The van der Waals surface area contributed by atoms with Crippen molar-refractivity contribution in [3.05, 3.63) is 65.5 Å². The fraction of sp³-hybridized carbons (Fsp3) is 0.333. The number of nitrogens with zero attached hydrogens (tertiary/aromatic N) is 3. The normalized spacial score (nSPS) is 11.4. The summed E-state index contributed by atoms with van der Waals surface area (Å²) < 4.78 is 13.4. The number of rotatable bonds is 7. The molecule has 0 spiro atoms. The lowest BCUT2D eigenvalue weighted by molar-refractivity contribution is -0.116. The number of hydrogen-bond acceptors (Lipinski definition) is 3. The van der Waals surface area contributed by atoms with Gasteiger partial charge in [0.05, 0.1) is 6.54 Å². The Hall–Kier alpha value is -2.93. The molecule has 28 heavy (non-hydrogen) atoms. The summed E-state index contributed by atoms with van der Waals surface area (Å²) in [5.74, 6) is 0.397. The van der Waals surface area contributed by atoms with Crippen molar-refractivity contribution in [2.45, 2.75) is 13.1 Å². The van der Waals surface area contributed by atoms with Crippen LogP contribution in [0.1, 0.15) is 11.1 Å². The van der Waals surface area contributed by atoms with E-state index in [1.54, 1.807) is 13.1 Å². The van der Waals surface area contributed by atoms with E-state index < -0.39 is 0 Å². The van der Waals surface area contributed by atoms with E-state index in [1.165, 1.54) is 12.1 Å². The summed E-state index contributed by atoms with van der Waals surface area (Å²) in [5, 5.41) is 6.19. The molecular weight excluding hydrogens is 357 g/mol. The number of carbonyl (C=O) groups excluding carboxylic acids is 1. The molecule has 0 aliphatic rings. The van der Waals surface area contributed by atoms with Crippen molar-refractivity contribution in [1.29, 1.82) is 0 Å². The highest BCUT2D eigenvalue weighted by atomic mass is 19.1. The average molecular weight is 385 g/mol. The molecule has 2 N–H and O–H groups in total. The first-order chi connectivity index (χ1) is 13.4. The molecule has 0 radical (unpaired) electrons. The number of anilines is 1. The quantitative estimate of drug-likeness (QED) is 0.568. The zero-order chi connectivity index (χ0) is 20.5. The highest BCUT2D eigenvalue weighted by molar-refractivity contribution is 5.92. The second-order valence-electron chi connectivity index (χ2n) is 6.87. The zero-order valence-electron chi connectivity index (χ0n) is 16.9. The highest BCUT2D eigenvalue weighted by Crippen LogP contribution is 2.11. The maximum Gasteiger partial charge on any atom is 0.238 e. The molecule has 2 rings (SSSR count). The van der Waals surface area contributed by atoms with E-state index in [0.29, 0.717) is 25.6 Å². The third-order valence-electron chi connectivity index (χ3n) is 4.00. The van der Waals surface area contributed by atoms with Crippen molar-refractivity contribution >= 4 is 17.6 Å². The summed E-state index contributed by atoms with van der Waals surface area (Å²) in [6.45, 7) is 1.43. The van der Waals surface area contributed by atoms with Crippen LogP contribution in [0.5, 0.6) is 0 Å². The van der Waals surface area contributed by atoms with Crippen LogP contribution in [-0.2, 0) is 17.9 Å². The summed E-state index contributed by atoms with van der Waals surface area (Å²) in [6, 6.07) is 14.2. The molecule has 0 aromatic heterocycles. The van der Waals surface area contributed by atoms with Gasteiger partial charge in [0, 0.05) is 32.9 Å². The molecule has 0 saturated heterocycles. The number of benzene rings is 2. The molecule has 0 aliphatic carbocycles. The van der Waals surface area contributed by atoms with E-state index >= 15 is 0 Å². The van der Waals surface area contributed by atoms with Crippen molar-refractivity contribution in [1.82, 2.24) is 15.1 Å². The Morgan fingerprint density at radius 3 is 2.46 bits per heavy atom. The first kappa shape index (κ1) is 21.4. The number of likely N-dealkylation sites (N-methyl/N-ethyl adjacent to an activating group) is 1. The van der Waals surface area contributed by atoms with E-state index in [-0.39, 0.29) is 11.7 Å². The van der Waals surface area contributed by atoms with E-state index in [9.17, 15) is 9.18 Å². The molecular formula is C21H28FN5O. The van der Waals surface area contributed by atoms with E-state index in [0.717, 1.165) is 16.8 Å². The number of amides is 1. The van der Waals surface area contributed by atoms with Gasteiger partial charge in [0.25, 0.3) is 0 Å². The number of carbonyl (C=O) groups is 1. The van der Waals surface area contributed by atoms with Gasteiger partial charge in [-0.05, 0) is 49.5 Å². The molecule has 2 aromatic rings. The molecule has 0 bridgehead atoms. The Labute approximate surface area is 166 Å². The molecule has 0 unspecified atom stereocenters. The fourth-order valence-electron chi connectivity index (χ4n) is 2.80. The highest BCUT2D eigenvalue weighted by Gasteiger charge is 2.08. The maximum absolute atomic E-state index is 13.4. The first-order valence-electron chi connectivity index (χ1n) is 9.07. The topological polar surface area (TPSA) is 60.0 Å². The minimum atomic E-state index is -0.248. The van der Waals surface area contributed by atoms with Gasteiger partial charge in [-0.2, -0.15) is 0 Å². The predicted molar refractivity (Wildman–Crippen MR) is 112 cm³/mol. The largest absolute Gasteiger partial charge is 0.352 e. The summed E-state index contributed by atoms with van der Waals surface area (Å²) >= 11 is 0. The number of halogens is 1. The van der Waals surface area contributed by atoms with Crippen LogP contribution >= 0.6 is 0 Å². The van der Waals surface area contributed by atoms with E-state index in [1.807, 2.05) is 61.3 Å². The number of guanidine groups is 1. The monoisotopic (exact) mass is 385 g/mol. The maximum atomic E-state index is 13.4. The van der Waals surface area contributed by atoms with Gasteiger partial charge in [0.1, 0.15) is 5.82 Å². The van der Waals surface area contributed by atoms with Crippen LogP contribution in [0, 0.1) is 5.82 Å². The van der Waals surface area contributed by atoms with Gasteiger partial charge < -0.3 is 20.4 Å². The first-order valence-corrected chi connectivity index (χ1v) is 9.07. The second kappa shape index (κ2) is 10.4. The molecule has 1 amide bonds. The summed E-state index contributed by atoms with van der Waals surface area (Å²) in [6.07, 6.45) is 0. The second-order valence-corrected chi connectivity index (χ2v) is 6.87. The number of nitrogens with one attached hydrogen (secondary N) is 2. The fourth-order valence-corrected chi connectivity index (χ4v) is 2.80. The van der Waals surface area contributed by atoms with Crippen molar-refractivity contribution in [2.75, 3.05) is 40.1 Å². The smallest absolute Gasteiger partial charge is 0.238 e. The van der Waals surface area contributed by atoms with Crippen LogP contribution in [0.3, 0.4) is 0 Å². The molecule has 0 heterocycles. The third-order valence-corrected chi connectivity index (χ3v) is 4.00. The van der Waals surface area contributed by atoms with Gasteiger partial charge in [0.2, 0.25) is 5.91 Å². The predicted octanol–water partition coefficient (Wildman–Crippen LogP) is 2.53. The number of aliphatic imine (C=N–C) groups is 1. The van der Waals surface area contributed by atoms with Crippen LogP contribution < -0.4 is 10.6 Å². The Bertz CT molecular complexity index is 822. The van der Waals surface area contributed by atoms with Crippen molar-refractivity contribution in [2.24, 2.45) is 4.99 Å². The molecule has 0 saturated carbocycles. The van der Waals surface area contributed by atoms with Crippen LogP contribution in [0.25, 0.3) is 0 Å². The molecule has 150 valence electrons. The van der Waals surface area contributed by atoms with E-state index in [2.05, 4.69) is 15.6 Å².